The number of aromatic nitrogens is 3. The summed E-state index contributed by atoms with van der Waals surface area (Å²) < 4.78 is 12.8. The molecule has 1 aromatic carbocycles. The van der Waals surface area contributed by atoms with E-state index in [0.29, 0.717) is 13.1 Å². The molecular formula is C20H32IN7O2. The molecule has 0 bridgehead atoms. The lowest BCUT2D eigenvalue weighted by molar-refractivity contribution is 0.0389. The third-order valence-corrected chi connectivity index (χ3v) is 5.02. The number of aliphatic imine (C=N–C) groups is 1. The highest BCUT2D eigenvalue weighted by molar-refractivity contribution is 14.0. The maximum Gasteiger partial charge on any atom is 0.192 e. The molecular weight excluding hydrogens is 497 g/mol. The van der Waals surface area contributed by atoms with Crippen molar-refractivity contribution in [3.63, 3.8) is 0 Å². The van der Waals surface area contributed by atoms with Gasteiger partial charge in [0.15, 0.2) is 11.8 Å². The lowest BCUT2D eigenvalue weighted by Crippen LogP contribution is -2.44. The van der Waals surface area contributed by atoms with Gasteiger partial charge in [-0.05, 0) is 13.0 Å². The van der Waals surface area contributed by atoms with E-state index in [2.05, 4.69) is 25.7 Å². The minimum absolute atomic E-state index is 0. The predicted octanol–water partition coefficient (Wildman–Crippen LogP) is 1.32. The predicted molar refractivity (Wildman–Crippen MR) is 127 cm³/mol. The number of guanidine groups is 1. The highest BCUT2D eigenvalue weighted by atomic mass is 127. The van der Waals surface area contributed by atoms with Gasteiger partial charge in [-0.3, -0.25) is 4.90 Å². The second kappa shape index (κ2) is 12.7. The third-order valence-electron chi connectivity index (χ3n) is 5.02. The van der Waals surface area contributed by atoms with Crippen LogP contribution in [0.25, 0.3) is 0 Å². The molecule has 1 aliphatic rings. The minimum Gasteiger partial charge on any atom is -0.496 e. The zero-order valence-electron chi connectivity index (χ0n) is 17.9. The fourth-order valence-electron chi connectivity index (χ4n) is 3.10. The highest BCUT2D eigenvalue weighted by Gasteiger charge is 2.11. The number of para-hydroxylation sites is 1. The molecule has 2 aromatic rings. The molecule has 0 unspecified atom stereocenters. The van der Waals surface area contributed by atoms with Gasteiger partial charge in [-0.2, -0.15) is 0 Å². The highest BCUT2D eigenvalue weighted by Crippen LogP contribution is 2.17. The Labute approximate surface area is 195 Å². The molecule has 3 rings (SSSR count). The standard InChI is InChI=1S/C20H31N7O2.HI/c1-16-24-25-19(26(16)2)15-23-20(21-8-9-27-10-12-29-13-11-27)22-14-17-6-4-5-7-18(17)28-3;/h4-7H,8-15H2,1-3H3,(H2,21,22,23);1H. The molecule has 0 radical (unpaired) electrons. The van der Waals surface area contributed by atoms with Crippen LogP contribution in [0.4, 0.5) is 0 Å². The summed E-state index contributed by atoms with van der Waals surface area (Å²) in [6, 6.07) is 7.93. The van der Waals surface area contributed by atoms with Crippen LogP contribution in [0.2, 0.25) is 0 Å². The second-order valence-electron chi connectivity index (χ2n) is 6.93. The summed E-state index contributed by atoms with van der Waals surface area (Å²) in [6.45, 7) is 8.31. The van der Waals surface area contributed by atoms with Crippen molar-refractivity contribution < 1.29 is 9.47 Å². The molecule has 1 fully saturated rings. The molecule has 0 saturated carbocycles. The van der Waals surface area contributed by atoms with Crippen LogP contribution >= 0.6 is 24.0 Å². The van der Waals surface area contributed by atoms with Crippen molar-refractivity contribution >= 4 is 29.9 Å². The van der Waals surface area contributed by atoms with Crippen LogP contribution in [0.1, 0.15) is 17.2 Å². The number of halogens is 1. The van der Waals surface area contributed by atoms with Crippen LogP contribution in [0.5, 0.6) is 5.75 Å². The van der Waals surface area contributed by atoms with Crippen LogP contribution in [0.3, 0.4) is 0 Å². The normalized spacial score (nSPS) is 14.8. The van der Waals surface area contributed by atoms with Crippen molar-refractivity contribution in [1.29, 1.82) is 0 Å². The van der Waals surface area contributed by atoms with E-state index < -0.39 is 0 Å². The molecule has 9 nitrogen and oxygen atoms in total. The van der Waals surface area contributed by atoms with Gasteiger partial charge in [0.05, 0.1) is 33.4 Å². The number of methoxy groups -OCH3 is 1. The third kappa shape index (κ3) is 7.10. The van der Waals surface area contributed by atoms with Gasteiger partial charge in [-0.1, -0.05) is 18.2 Å². The Hall–Kier alpha value is -1.92. The Morgan fingerprint density at radius 1 is 1.20 bits per heavy atom. The quantitative estimate of drug-likeness (QED) is 0.303. The van der Waals surface area contributed by atoms with Gasteiger partial charge in [0.25, 0.3) is 0 Å². The van der Waals surface area contributed by atoms with Crippen LogP contribution in [0, 0.1) is 6.92 Å². The molecule has 2 heterocycles. The Balaban J connectivity index is 0.00000320. The fourth-order valence-corrected chi connectivity index (χ4v) is 3.10. The number of ether oxygens (including phenoxy) is 2. The maximum absolute atomic E-state index is 5.44. The molecule has 0 aliphatic carbocycles. The molecule has 1 aromatic heterocycles. The molecule has 1 saturated heterocycles. The number of benzene rings is 1. The minimum atomic E-state index is 0. The molecule has 0 spiro atoms. The van der Waals surface area contributed by atoms with Crippen molar-refractivity contribution in [1.82, 2.24) is 30.3 Å². The van der Waals surface area contributed by atoms with Crippen LogP contribution < -0.4 is 15.4 Å². The Kier molecular flexibility index (Phi) is 10.3. The van der Waals surface area contributed by atoms with Crippen molar-refractivity contribution in [3.05, 3.63) is 41.5 Å². The van der Waals surface area contributed by atoms with E-state index in [-0.39, 0.29) is 24.0 Å². The average molecular weight is 529 g/mol. The van der Waals surface area contributed by atoms with Crippen LogP contribution in [-0.4, -0.2) is 72.1 Å². The summed E-state index contributed by atoms with van der Waals surface area (Å²) in [5, 5.41) is 15.1. The number of hydrogen-bond acceptors (Lipinski definition) is 6. The largest absolute Gasteiger partial charge is 0.496 e. The van der Waals surface area contributed by atoms with E-state index in [9.17, 15) is 0 Å². The summed E-state index contributed by atoms with van der Waals surface area (Å²) in [5.74, 6) is 3.33. The molecule has 10 heteroatoms. The van der Waals surface area contributed by atoms with Gasteiger partial charge in [0.2, 0.25) is 0 Å². The number of rotatable bonds is 8. The van der Waals surface area contributed by atoms with Crippen molar-refractivity contribution in [2.45, 2.75) is 20.0 Å². The van der Waals surface area contributed by atoms with Gasteiger partial charge in [0.1, 0.15) is 11.6 Å². The van der Waals surface area contributed by atoms with Crippen LogP contribution in [0.15, 0.2) is 29.3 Å². The molecule has 2 N–H and O–H groups in total. The maximum atomic E-state index is 5.44. The summed E-state index contributed by atoms with van der Waals surface area (Å²) in [6.07, 6.45) is 0. The zero-order valence-corrected chi connectivity index (χ0v) is 20.3. The number of nitrogens with one attached hydrogen (secondary N) is 2. The summed E-state index contributed by atoms with van der Waals surface area (Å²) in [4.78, 5) is 7.14. The first-order valence-corrected chi connectivity index (χ1v) is 9.96. The summed E-state index contributed by atoms with van der Waals surface area (Å²) in [5.41, 5.74) is 1.04. The number of hydrogen-bond donors (Lipinski definition) is 2. The fraction of sp³-hybridized carbons (Fsp3) is 0.550. The van der Waals surface area contributed by atoms with Crippen molar-refractivity contribution in [2.24, 2.45) is 12.0 Å². The first-order valence-electron chi connectivity index (χ1n) is 9.96. The lowest BCUT2D eigenvalue weighted by atomic mass is 10.2. The smallest absolute Gasteiger partial charge is 0.192 e. The molecule has 0 amide bonds. The molecule has 30 heavy (non-hydrogen) atoms. The second-order valence-corrected chi connectivity index (χ2v) is 6.93. The monoisotopic (exact) mass is 529 g/mol. The topological polar surface area (TPSA) is 88.8 Å². The lowest BCUT2D eigenvalue weighted by Gasteiger charge is -2.26. The van der Waals surface area contributed by atoms with Crippen LogP contribution in [-0.2, 0) is 24.9 Å². The van der Waals surface area contributed by atoms with Gasteiger partial charge >= 0.3 is 0 Å². The van der Waals surface area contributed by atoms with Gasteiger partial charge in [-0.25, -0.2) is 4.99 Å². The average Bonchev–Trinajstić information content (AvgIpc) is 3.08. The first kappa shape index (κ1) is 24.4. The SMILES string of the molecule is COc1ccccc1CN=C(NCCN1CCOCC1)NCc1nnc(C)n1C.I. The Morgan fingerprint density at radius 3 is 2.67 bits per heavy atom. The van der Waals surface area contributed by atoms with Crippen molar-refractivity contribution in [3.8, 4) is 5.75 Å². The van der Waals surface area contributed by atoms with E-state index in [0.717, 1.165) is 68.3 Å². The van der Waals surface area contributed by atoms with E-state index in [1.165, 1.54) is 0 Å². The number of nitrogens with zero attached hydrogens (tertiary/aromatic N) is 5. The molecule has 166 valence electrons. The van der Waals surface area contributed by atoms with Gasteiger partial charge < -0.3 is 24.7 Å². The summed E-state index contributed by atoms with van der Waals surface area (Å²) >= 11 is 0. The van der Waals surface area contributed by atoms with E-state index >= 15 is 0 Å². The first-order chi connectivity index (χ1) is 14.2. The van der Waals surface area contributed by atoms with E-state index in [4.69, 9.17) is 14.5 Å². The Bertz CT molecular complexity index is 806. The number of aryl methyl sites for hydroxylation is 1. The Morgan fingerprint density at radius 2 is 1.97 bits per heavy atom. The van der Waals surface area contributed by atoms with E-state index in [1.807, 2.05) is 42.8 Å². The summed E-state index contributed by atoms with van der Waals surface area (Å²) in [7, 11) is 3.64. The van der Waals surface area contributed by atoms with Gasteiger partial charge in [0, 0.05) is 38.8 Å². The van der Waals surface area contributed by atoms with Crippen molar-refractivity contribution in [2.75, 3.05) is 46.5 Å². The number of morpholine rings is 1. The van der Waals surface area contributed by atoms with Gasteiger partial charge in [-0.15, -0.1) is 34.2 Å². The molecule has 1 aliphatic heterocycles. The molecule has 0 atom stereocenters. The zero-order chi connectivity index (χ0) is 20.5. The van der Waals surface area contributed by atoms with E-state index in [1.54, 1.807) is 7.11 Å².